The highest BCUT2D eigenvalue weighted by Crippen LogP contribution is 2.25. The number of H-pyrrole nitrogens is 1. The Kier molecular flexibility index (Phi) is 6.10. The molecule has 0 unspecified atom stereocenters. The van der Waals surface area contributed by atoms with Crippen LogP contribution < -0.4 is 10.8 Å². The summed E-state index contributed by atoms with van der Waals surface area (Å²) in [6.07, 6.45) is 0.119. The Morgan fingerprint density at radius 3 is 2.96 bits per heavy atom. The molecule has 0 radical (unpaired) electrons. The number of amides is 1. The van der Waals surface area contributed by atoms with Crippen LogP contribution in [0.25, 0.3) is 11.6 Å². The first-order valence-corrected chi connectivity index (χ1v) is 8.69. The van der Waals surface area contributed by atoms with E-state index in [2.05, 4.69) is 30.7 Å². The summed E-state index contributed by atoms with van der Waals surface area (Å²) in [7, 11) is 0. The summed E-state index contributed by atoms with van der Waals surface area (Å²) in [4.78, 5) is 32.1. The summed E-state index contributed by atoms with van der Waals surface area (Å²) in [6.45, 7) is -0.833. The first kappa shape index (κ1) is 19.3. The molecule has 0 saturated heterocycles. The van der Waals surface area contributed by atoms with Gasteiger partial charge in [0.25, 0.3) is 5.91 Å². The van der Waals surface area contributed by atoms with Crippen LogP contribution >= 0.6 is 22.6 Å². The molecule has 3 rings (SSSR count). The quantitative estimate of drug-likeness (QED) is 0.243. The number of imidazole rings is 1. The Hall–Kier alpha value is -2.42. The molecule has 0 fully saturated rings. The van der Waals surface area contributed by atoms with Crippen molar-refractivity contribution in [3.8, 4) is 11.6 Å². The van der Waals surface area contributed by atoms with E-state index in [4.69, 9.17) is 9.94 Å². The minimum atomic E-state index is -1.14. The maximum Gasteiger partial charge on any atom is 0.295 e. The number of halogens is 2. The Bertz CT molecular complexity index is 923. The Morgan fingerprint density at radius 1 is 1.41 bits per heavy atom. The molecule has 1 aromatic rings. The molecule has 2 aliphatic rings. The number of aliphatic hydroxyl groups excluding tert-OH is 2. The van der Waals surface area contributed by atoms with Crippen LogP contribution in [0.2, 0.25) is 0 Å². The van der Waals surface area contributed by atoms with Gasteiger partial charge in [-0.05, 0) is 40.8 Å². The van der Waals surface area contributed by atoms with Crippen molar-refractivity contribution in [2.45, 2.75) is 6.10 Å². The number of aromatic nitrogens is 4. The fraction of sp³-hybridized carbons (Fsp3) is 0.200. The van der Waals surface area contributed by atoms with Crippen LogP contribution in [0, 0.1) is 9.39 Å². The van der Waals surface area contributed by atoms with Crippen LogP contribution in [0.1, 0.15) is 10.5 Å². The Balaban J connectivity index is 1.88. The van der Waals surface area contributed by atoms with E-state index >= 15 is 0 Å². The molecule has 12 heteroatoms. The number of aromatic amines is 1. The monoisotopic (exact) mass is 488 g/mol. The van der Waals surface area contributed by atoms with Crippen LogP contribution in [0.15, 0.2) is 24.5 Å². The van der Waals surface area contributed by atoms with Gasteiger partial charge in [0.15, 0.2) is 23.2 Å². The van der Waals surface area contributed by atoms with E-state index in [0.717, 1.165) is 0 Å². The molecular weight excluding hydrogens is 474 g/mol. The number of benzene rings is 1. The maximum absolute atomic E-state index is 14.1. The number of hydrogen-bond acceptors (Lipinski definition) is 8. The number of anilines is 2. The molecule has 0 spiro atoms. The molecule has 142 valence electrons. The second-order valence-corrected chi connectivity index (χ2v) is 6.58. The third-order valence-corrected chi connectivity index (χ3v) is 4.01. The number of rotatable bonds is 7. The number of hydroxylamine groups is 1. The lowest BCUT2D eigenvalue weighted by atomic mass is 10.3. The van der Waals surface area contributed by atoms with Crippen LogP contribution in [0.3, 0.4) is 0 Å². The molecular formula is C15H14FIN6O4. The van der Waals surface area contributed by atoms with Gasteiger partial charge in [-0.1, -0.05) is 0 Å². The van der Waals surface area contributed by atoms with Crippen molar-refractivity contribution in [3.63, 3.8) is 0 Å². The van der Waals surface area contributed by atoms with E-state index < -0.39 is 24.4 Å². The predicted octanol–water partition coefficient (Wildman–Crippen LogP) is 0.806. The molecule has 1 aromatic carbocycles. The van der Waals surface area contributed by atoms with E-state index in [1.165, 1.54) is 18.5 Å². The zero-order valence-electron chi connectivity index (χ0n) is 13.6. The van der Waals surface area contributed by atoms with Crippen molar-refractivity contribution in [2.75, 3.05) is 18.5 Å². The number of aliphatic hydroxyl groups is 2. The molecule has 27 heavy (non-hydrogen) atoms. The topological polar surface area (TPSA) is 145 Å². The highest BCUT2D eigenvalue weighted by atomic mass is 127. The van der Waals surface area contributed by atoms with Gasteiger partial charge in [0, 0.05) is 3.57 Å². The summed E-state index contributed by atoms with van der Waals surface area (Å²) in [5.41, 5.74) is 2.13. The highest BCUT2D eigenvalue weighted by molar-refractivity contribution is 14.1. The highest BCUT2D eigenvalue weighted by Gasteiger charge is 2.21. The SMILES string of the molecule is O=C(NOC[C@H](O)CO)c1[nH]c2ncnc-2nc1Nc1ccc(I)cc1F. The average Bonchev–Trinajstić information content (AvgIpc) is 3.10. The Morgan fingerprint density at radius 2 is 2.22 bits per heavy atom. The standard InChI is InChI=1S/C15H14FIN6O4/c16-9-3-7(17)1-2-10(9)20-12-11(15(26)23-27-5-8(25)4-24)21-13-14(22-12)19-6-18-13/h1-3,6,8,24-25H,4-5H2,(H,23,26)(H2,18,19,20,21,22)/t8-/m1/s1. The molecule has 0 aromatic heterocycles. The fourth-order valence-electron chi connectivity index (χ4n) is 2.05. The number of hydrogen-bond donors (Lipinski definition) is 5. The fourth-order valence-corrected chi connectivity index (χ4v) is 2.50. The van der Waals surface area contributed by atoms with E-state index in [0.29, 0.717) is 3.57 Å². The number of fused-ring (bicyclic) bond motifs is 1. The van der Waals surface area contributed by atoms with Crippen LogP contribution in [-0.4, -0.2) is 55.4 Å². The third-order valence-electron chi connectivity index (χ3n) is 3.34. The van der Waals surface area contributed by atoms with Gasteiger partial charge in [-0.3, -0.25) is 9.63 Å². The lowest BCUT2D eigenvalue weighted by Gasteiger charge is -2.14. The normalized spacial score (nSPS) is 12.1. The molecule has 0 aliphatic carbocycles. The number of carbonyl (C=O) groups excluding carboxylic acids is 1. The van der Waals surface area contributed by atoms with Crippen LogP contribution in [0.5, 0.6) is 0 Å². The largest absolute Gasteiger partial charge is 0.394 e. The molecule has 2 heterocycles. The number of carbonyl (C=O) groups is 1. The maximum atomic E-state index is 14.1. The van der Waals surface area contributed by atoms with Gasteiger partial charge in [0.2, 0.25) is 0 Å². The zero-order valence-corrected chi connectivity index (χ0v) is 15.8. The lowest BCUT2D eigenvalue weighted by molar-refractivity contribution is -0.0296. The van der Waals surface area contributed by atoms with E-state index in [1.54, 1.807) is 6.07 Å². The van der Waals surface area contributed by atoms with Gasteiger partial charge >= 0.3 is 0 Å². The van der Waals surface area contributed by atoms with Crippen molar-refractivity contribution in [3.05, 3.63) is 39.6 Å². The molecule has 2 aliphatic heterocycles. The zero-order chi connectivity index (χ0) is 19.4. The number of nitrogens with one attached hydrogen (secondary N) is 3. The van der Waals surface area contributed by atoms with Gasteiger partial charge in [-0.25, -0.2) is 24.8 Å². The molecule has 5 N–H and O–H groups in total. The van der Waals surface area contributed by atoms with Gasteiger partial charge in [0.1, 0.15) is 24.9 Å². The molecule has 10 nitrogen and oxygen atoms in total. The summed E-state index contributed by atoms with van der Waals surface area (Å²) in [6, 6.07) is 4.53. The second kappa shape index (κ2) is 8.51. The molecule has 0 saturated carbocycles. The summed E-state index contributed by atoms with van der Waals surface area (Å²) >= 11 is 1.98. The van der Waals surface area contributed by atoms with Crippen molar-refractivity contribution >= 4 is 40.0 Å². The molecule has 1 amide bonds. The van der Waals surface area contributed by atoms with Gasteiger partial charge in [-0.15, -0.1) is 0 Å². The van der Waals surface area contributed by atoms with Gasteiger partial charge in [-0.2, -0.15) is 0 Å². The van der Waals surface area contributed by atoms with Gasteiger partial charge in [0.05, 0.1) is 12.3 Å². The molecule has 0 bridgehead atoms. The first-order chi connectivity index (χ1) is 13.0. The third kappa shape index (κ3) is 4.65. The van der Waals surface area contributed by atoms with E-state index in [-0.39, 0.29) is 35.5 Å². The summed E-state index contributed by atoms with van der Waals surface area (Å²) in [5, 5.41) is 20.7. The summed E-state index contributed by atoms with van der Waals surface area (Å²) in [5.74, 6) is -0.773. The molecule has 1 atom stereocenters. The average molecular weight is 488 g/mol. The van der Waals surface area contributed by atoms with E-state index in [1.807, 2.05) is 22.6 Å². The minimum Gasteiger partial charge on any atom is -0.394 e. The van der Waals surface area contributed by atoms with Crippen molar-refractivity contribution in [2.24, 2.45) is 0 Å². The minimum absolute atomic E-state index is 0.00640. The summed E-state index contributed by atoms with van der Waals surface area (Å²) < 4.78 is 14.9. The van der Waals surface area contributed by atoms with Crippen molar-refractivity contribution < 1.29 is 24.2 Å². The van der Waals surface area contributed by atoms with Crippen molar-refractivity contribution in [1.29, 1.82) is 0 Å². The number of nitrogens with zero attached hydrogens (tertiary/aromatic N) is 3. The smallest absolute Gasteiger partial charge is 0.295 e. The predicted molar refractivity (Wildman–Crippen MR) is 99.7 cm³/mol. The second-order valence-electron chi connectivity index (χ2n) is 5.33. The van der Waals surface area contributed by atoms with Crippen LogP contribution in [0.4, 0.5) is 15.9 Å². The van der Waals surface area contributed by atoms with E-state index in [9.17, 15) is 14.3 Å². The lowest BCUT2D eigenvalue weighted by Crippen LogP contribution is -2.31. The van der Waals surface area contributed by atoms with Gasteiger partial charge < -0.3 is 20.5 Å². The Labute approximate surface area is 165 Å². The van der Waals surface area contributed by atoms with Crippen molar-refractivity contribution in [1.82, 2.24) is 25.4 Å². The van der Waals surface area contributed by atoms with Crippen LogP contribution in [-0.2, 0) is 4.84 Å². The first-order valence-electron chi connectivity index (χ1n) is 7.61.